The van der Waals surface area contributed by atoms with Crippen LogP contribution in [0.2, 0.25) is 0 Å². The molecule has 72 valence electrons. The van der Waals surface area contributed by atoms with Gasteiger partial charge in [-0.05, 0) is 25.3 Å². The number of hydrogen-bond donors (Lipinski definition) is 1. The van der Waals surface area contributed by atoms with Crippen molar-refractivity contribution >= 4 is 0 Å². The summed E-state index contributed by atoms with van der Waals surface area (Å²) >= 11 is 0. The zero-order valence-corrected chi connectivity index (χ0v) is 8.11. The van der Waals surface area contributed by atoms with Gasteiger partial charge in [-0.3, -0.25) is 4.68 Å². The second kappa shape index (κ2) is 4.82. The van der Waals surface area contributed by atoms with Gasteiger partial charge < -0.3 is 5.73 Å². The Labute approximate surface area is 79.2 Å². The number of aryl methyl sites for hydroxylation is 1. The average Bonchev–Trinajstić information content (AvgIpc) is 2.52. The van der Waals surface area contributed by atoms with Crippen LogP contribution in [0.3, 0.4) is 0 Å². The summed E-state index contributed by atoms with van der Waals surface area (Å²) in [4.78, 5) is 0. The molecule has 0 aliphatic heterocycles. The molecule has 0 bridgehead atoms. The highest BCUT2D eigenvalue weighted by atomic mass is 15.3. The molecule has 1 unspecified atom stereocenters. The number of nitrogens with two attached hydrogens (primary N) is 1. The van der Waals surface area contributed by atoms with Crippen LogP contribution in [-0.4, -0.2) is 9.78 Å². The molecule has 2 N–H and O–H groups in total. The first-order valence-corrected chi connectivity index (χ1v) is 4.60. The summed E-state index contributed by atoms with van der Waals surface area (Å²) in [5.41, 5.74) is 7.09. The molecule has 3 nitrogen and oxygen atoms in total. The maximum atomic E-state index is 5.99. The van der Waals surface area contributed by atoms with Gasteiger partial charge in [-0.25, -0.2) is 0 Å². The van der Waals surface area contributed by atoms with Crippen LogP contribution >= 0.6 is 0 Å². The minimum atomic E-state index is 0.104. The third-order valence-electron chi connectivity index (χ3n) is 2.16. The van der Waals surface area contributed by atoms with Gasteiger partial charge in [0.15, 0.2) is 0 Å². The van der Waals surface area contributed by atoms with Crippen LogP contribution < -0.4 is 5.73 Å². The molecule has 3 heteroatoms. The predicted molar refractivity (Wildman–Crippen MR) is 54.2 cm³/mol. The fourth-order valence-corrected chi connectivity index (χ4v) is 1.38. The van der Waals surface area contributed by atoms with E-state index >= 15 is 0 Å². The largest absolute Gasteiger partial charge is 0.323 e. The van der Waals surface area contributed by atoms with E-state index in [0.717, 1.165) is 25.0 Å². The molecule has 0 saturated heterocycles. The van der Waals surface area contributed by atoms with Gasteiger partial charge in [0.2, 0.25) is 0 Å². The lowest BCUT2D eigenvalue weighted by atomic mass is 10.1. The molecule has 0 aromatic carbocycles. The molecule has 1 atom stereocenters. The Balaban J connectivity index is 2.44. The molecule has 0 fully saturated rings. The summed E-state index contributed by atoms with van der Waals surface area (Å²) in [6.45, 7) is 3.68. The van der Waals surface area contributed by atoms with Crippen LogP contribution in [-0.2, 0) is 7.05 Å². The van der Waals surface area contributed by atoms with Crippen LogP contribution in [0, 0.1) is 0 Å². The summed E-state index contributed by atoms with van der Waals surface area (Å²) < 4.78 is 1.83. The molecule has 0 spiro atoms. The van der Waals surface area contributed by atoms with Crippen molar-refractivity contribution in [2.45, 2.75) is 25.3 Å². The predicted octanol–water partition coefficient (Wildman–Crippen LogP) is 1.78. The van der Waals surface area contributed by atoms with Crippen molar-refractivity contribution in [3.05, 3.63) is 30.6 Å². The zero-order chi connectivity index (χ0) is 9.68. The van der Waals surface area contributed by atoms with E-state index in [-0.39, 0.29) is 6.04 Å². The highest BCUT2D eigenvalue weighted by Crippen LogP contribution is 2.15. The first-order chi connectivity index (χ1) is 6.25. The van der Waals surface area contributed by atoms with Crippen LogP contribution in [0.4, 0.5) is 0 Å². The zero-order valence-electron chi connectivity index (χ0n) is 8.11. The lowest BCUT2D eigenvalue weighted by Crippen LogP contribution is -2.14. The Morgan fingerprint density at radius 1 is 1.77 bits per heavy atom. The maximum absolute atomic E-state index is 5.99. The van der Waals surface area contributed by atoms with Gasteiger partial charge in [0.25, 0.3) is 0 Å². The summed E-state index contributed by atoms with van der Waals surface area (Å²) in [5, 5.41) is 4.08. The van der Waals surface area contributed by atoms with Gasteiger partial charge in [0, 0.05) is 19.3 Å². The molecule has 1 aromatic rings. The molecule has 0 aliphatic rings. The Morgan fingerprint density at radius 2 is 2.54 bits per heavy atom. The number of rotatable bonds is 5. The van der Waals surface area contributed by atoms with E-state index in [1.165, 1.54) is 0 Å². The Morgan fingerprint density at radius 3 is 3.08 bits per heavy atom. The SMILES string of the molecule is C=CCCCC(N)c1ccnn1C. The standard InChI is InChI=1S/C10H17N3/c1-3-4-5-6-9(11)10-7-8-12-13(10)2/h3,7-9H,1,4-6,11H2,2H3. The number of allylic oxidation sites excluding steroid dienone is 1. The third-order valence-corrected chi connectivity index (χ3v) is 2.16. The van der Waals surface area contributed by atoms with Gasteiger partial charge in [-0.1, -0.05) is 6.08 Å². The van der Waals surface area contributed by atoms with E-state index in [9.17, 15) is 0 Å². The summed E-state index contributed by atoms with van der Waals surface area (Å²) in [5.74, 6) is 0. The van der Waals surface area contributed by atoms with Crippen molar-refractivity contribution < 1.29 is 0 Å². The molecular formula is C10H17N3. The summed E-state index contributed by atoms with van der Waals surface area (Å²) in [6.07, 6.45) is 6.83. The maximum Gasteiger partial charge on any atom is 0.0548 e. The Kier molecular flexibility index (Phi) is 3.71. The molecule has 0 aliphatic carbocycles. The van der Waals surface area contributed by atoms with E-state index in [1.54, 1.807) is 6.20 Å². The first kappa shape index (κ1) is 9.99. The molecular weight excluding hydrogens is 162 g/mol. The van der Waals surface area contributed by atoms with Gasteiger partial charge in [0.05, 0.1) is 5.69 Å². The van der Waals surface area contributed by atoms with Crippen molar-refractivity contribution in [3.8, 4) is 0 Å². The first-order valence-electron chi connectivity index (χ1n) is 4.60. The van der Waals surface area contributed by atoms with Crippen LogP contribution in [0.25, 0.3) is 0 Å². The minimum Gasteiger partial charge on any atom is -0.323 e. The number of hydrogen-bond acceptors (Lipinski definition) is 2. The second-order valence-corrected chi connectivity index (χ2v) is 3.21. The quantitative estimate of drug-likeness (QED) is 0.553. The van der Waals surface area contributed by atoms with E-state index in [4.69, 9.17) is 5.73 Å². The van der Waals surface area contributed by atoms with E-state index in [1.807, 2.05) is 23.9 Å². The highest BCUT2D eigenvalue weighted by Gasteiger charge is 2.08. The average molecular weight is 179 g/mol. The van der Waals surface area contributed by atoms with Crippen molar-refractivity contribution in [1.82, 2.24) is 9.78 Å². The van der Waals surface area contributed by atoms with Crippen LogP contribution in [0.5, 0.6) is 0 Å². The second-order valence-electron chi connectivity index (χ2n) is 3.21. The molecule has 0 saturated carbocycles. The lowest BCUT2D eigenvalue weighted by Gasteiger charge is -2.10. The van der Waals surface area contributed by atoms with Crippen LogP contribution in [0.15, 0.2) is 24.9 Å². The Bertz CT molecular complexity index is 265. The topological polar surface area (TPSA) is 43.8 Å². The monoisotopic (exact) mass is 179 g/mol. The Hall–Kier alpha value is -1.09. The van der Waals surface area contributed by atoms with Crippen molar-refractivity contribution in [3.63, 3.8) is 0 Å². The van der Waals surface area contributed by atoms with Crippen molar-refractivity contribution in [2.75, 3.05) is 0 Å². The molecule has 0 radical (unpaired) electrons. The van der Waals surface area contributed by atoms with Crippen molar-refractivity contribution in [2.24, 2.45) is 12.8 Å². The molecule has 0 amide bonds. The van der Waals surface area contributed by atoms with E-state index < -0.39 is 0 Å². The summed E-state index contributed by atoms with van der Waals surface area (Å²) in [7, 11) is 1.92. The van der Waals surface area contributed by atoms with Crippen LogP contribution in [0.1, 0.15) is 31.0 Å². The highest BCUT2D eigenvalue weighted by molar-refractivity contribution is 5.05. The molecule has 1 rings (SSSR count). The van der Waals surface area contributed by atoms with E-state index in [2.05, 4.69) is 11.7 Å². The minimum absolute atomic E-state index is 0.104. The summed E-state index contributed by atoms with van der Waals surface area (Å²) in [6, 6.07) is 2.07. The normalized spacial score (nSPS) is 12.8. The lowest BCUT2D eigenvalue weighted by molar-refractivity contribution is 0.563. The van der Waals surface area contributed by atoms with Crippen molar-refractivity contribution in [1.29, 1.82) is 0 Å². The molecule has 1 aromatic heterocycles. The fourth-order valence-electron chi connectivity index (χ4n) is 1.38. The van der Waals surface area contributed by atoms with Gasteiger partial charge in [0.1, 0.15) is 0 Å². The van der Waals surface area contributed by atoms with Gasteiger partial charge in [-0.2, -0.15) is 5.10 Å². The molecule has 1 heterocycles. The number of unbranched alkanes of at least 4 members (excludes halogenated alkanes) is 1. The van der Waals surface area contributed by atoms with E-state index in [0.29, 0.717) is 0 Å². The number of nitrogens with zero attached hydrogens (tertiary/aromatic N) is 2. The van der Waals surface area contributed by atoms with Gasteiger partial charge in [-0.15, -0.1) is 6.58 Å². The molecule has 13 heavy (non-hydrogen) atoms. The smallest absolute Gasteiger partial charge is 0.0548 e. The third kappa shape index (κ3) is 2.70. The number of aromatic nitrogens is 2. The van der Waals surface area contributed by atoms with Gasteiger partial charge >= 0.3 is 0 Å². The fraction of sp³-hybridized carbons (Fsp3) is 0.500.